The molecule has 230 valence electrons. The van der Waals surface area contributed by atoms with Crippen molar-refractivity contribution in [3.05, 3.63) is 51.7 Å². The first kappa shape index (κ1) is 29.7. The average Bonchev–Trinajstić information content (AvgIpc) is 2.99. The number of pyridine rings is 1. The number of nitrogens with one attached hydrogen (secondary N) is 2. The zero-order chi connectivity index (χ0) is 30.3. The number of aliphatic hydroxyl groups is 1. The number of hydrogen-bond acceptors (Lipinski definition) is 8. The van der Waals surface area contributed by atoms with Crippen LogP contribution in [0.15, 0.2) is 29.2 Å². The van der Waals surface area contributed by atoms with Crippen LogP contribution in [0.1, 0.15) is 63.3 Å². The van der Waals surface area contributed by atoms with E-state index in [9.17, 15) is 14.7 Å². The van der Waals surface area contributed by atoms with Crippen LogP contribution < -0.4 is 16.1 Å². The molecule has 10 nitrogen and oxygen atoms in total. The molecule has 1 spiro atoms. The molecule has 3 aliphatic heterocycles. The van der Waals surface area contributed by atoms with Gasteiger partial charge in [-0.1, -0.05) is 6.07 Å². The molecule has 0 radical (unpaired) electrons. The number of likely N-dealkylation sites (tertiary alicyclic amines) is 1. The second-order valence-electron chi connectivity index (χ2n) is 12.6. The molecule has 0 unspecified atom stereocenters. The van der Waals surface area contributed by atoms with Gasteiger partial charge in [0.25, 0.3) is 0 Å². The summed E-state index contributed by atoms with van der Waals surface area (Å²) in [5, 5.41) is 17.0. The van der Waals surface area contributed by atoms with E-state index in [2.05, 4.69) is 43.9 Å². The molecule has 3 N–H and O–H groups in total. The summed E-state index contributed by atoms with van der Waals surface area (Å²) in [6.45, 7) is 9.60. The average molecular weight is 593 g/mol. The lowest BCUT2D eigenvalue weighted by atomic mass is 9.73. The largest absolute Gasteiger partial charge is 0.389 e. The highest BCUT2D eigenvalue weighted by Gasteiger charge is 2.43. The van der Waals surface area contributed by atoms with E-state index in [1.807, 2.05) is 13.0 Å². The number of aliphatic hydroxyl groups excluding tert-OH is 1. The van der Waals surface area contributed by atoms with Gasteiger partial charge in [-0.25, -0.2) is 14.4 Å². The molecule has 3 aromatic rings. The van der Waals surface area contributed by atoms with E-state index >= 15 is 4.39 Å². The maximum Gasteiger partial charge on any atom is 0.227 e. The minimum Gasteiger partial charge on any atom is -0.389 e. The van der Waals surface area contributed by atoms with Crippen LogP contribution in [-0.4, -0.2) is 75.4 Å². The smallest absolute Gasteiger partial charge is 0.227 e. The van der Waals surface area contributed by atoms with Crippen LogP contribution in [-0.2, 0) is 16.1 Å². The van der Waals surface area contributed by atoms with Crippen LogP contribution in [0.4, 0.5) is 10.3 Å². The molecule has 3 saturated heterocycles. The number of rotatable bonds is 6. The molecule has 1 aromatic carbocycles. The summed E-state index contributed by atoms with van der Waals surface area (Å²) >= 11 is 0. The monoisotopic (exact) mass is 592 g/mol. The van der Waals surface area contributed by atoms with Crippen LogP contribution in [0, 0.1) is 18.2 Å². The Morgan fingerprint density at radius 2 is 2.07 bits per heavy atom. The number of hydrogen-bond donors (Lipinski definition) is 3. The molecular formula is C32H41FN6O4. The lowest BCUT2D eigenvalue weighted by molar-refractivity contribution is -0.137. The number of benzene rings is 1. The van der Waals surface area contributed by atoms with Gasteiger partial charge in [-0.15, -0.1) is 0 Å². The highest BCUT2D eigenvalue weighted by atomic mass is 19.1. The van der Waals surface area contributed by atoms with E-state index < -0.39 is 11.9 Å². The first-order valence-electron chi connectivity index (χ1n) is 15.4. The van der Waals surface area contributed by atoms with Crippen molar-refractivity contribution in [2.45, 2.75) is 77.6 Å². The molecule has 43 heavy (non-hydrogen) atoms. The zero-order valence-corrected chi connectivity index (χ0v) is 25.2. The summed E-state index contributed by atoms with van der Waals surface area (Å²) in [6.07, 6.45) is 4.70. The van der Waals surface area contributed by atoms with Crippen molar-refractivity contribution in [1.82, 2.24) is 24.8 Å². The molecular weight excluding hydrogens is 551 g/mol. The van der Waals surface area contributed by atoms with Gasteiger partial charge in [0.2, 0.25) is 11.9 Å². The van der Waals surface area contributed by atoms with Crippen molar-refractivity contribution < 1.29 is 19.0 Å². The van der Waals surface area contributed by atoms with Gasteiger partial charge >= 0.3 is 0 Å². The normalized spacial score (nSPS) is 24.9. The number of amides is 1. The topological polar surface area (TPSA) is 122 Å². The van der Waals surface area contributed by atoms with E-state index in [0.717, 1.165) is 50.7 Å². The molecule has 0 bridgehead atoms. The second kappa shape index (κ2) is 11.9. The molecule has 11 heteroatoms. The maximum atomic E-state index is 15.2. The van der Waals surface area contributed by atoms with Gasteiger partial charge in [0.1, 0.15) is 5.69 Å². The van der Waals surface area contributed by atoms with E-state index in [1.165, 1.54) is 0 Å². The minimum absolute atomic E-state index is 0.0197. The molecule has 6 rings (SSSR count). The number of anilines is 1. The number of carbonyl (C=O) groups excluding carboxylic acids is 1. The van der Waals surface area contributed by atoms with Gasteiger partial charge in [-0.3, -0.25) is 14.5 Å². The molecule has 3 fully saturated rings. The second-order valence-corrected chi connectivity index (χ2v) is 12.6. The van der Waals surface area contributed by atoms with Crippen LogP contribution in [0.5, 0.6) is 0 Å². The third-order valence-electron chi connectivity index (χ3n) is 9.37. The van der Waals surface area contributed by atoms with E-state index in [4.69, 9.17) is 4.74 Å². The van der Waals surface area contributed by atoms with E-state index in [-0.39, 0.29) is 47.1 Å². The Morgan fingerprint density at radius 1 is 1.26 bits per heavy atom. The quantitative estimate of drug-likeness (QED) is 0.398. The Morgan fingerprint density at radius 3 is 2.84 bits per heavy atom. The van der Waals surface area contributed by atoms with Crippen LogP contribution in [0.3, 0.4) is 0 Å². The van der Waals surface area contributed by atoms with Crippen molar-refractivity contribution in [2.75, 3.05) is 38.2 Å². The van der Waals surface area contributed by atoms with E-state index in [0.29, 0.717) is 48.1 Å². The molecule has 2 aromatic heterocycles. The third-order valence-corrected chi connectivity index (χ3v) is 9.37. The lowest BCUT2D eigenvalue weighted by Gasteiger charge is -2.44. The summed E-state index contributed by atoms with van der Waals surface area (Å²) < 4.78 is 22.7. The molecule has 3 atom stereocenters. The summed E-state index contributed by atoms with van der Waals surface area (Å²) in [6, 6.07) is 5.04. The number of aromatic nitrogens is 3. The standard InChI is InChI=1S/C32H41FN6O4/c1-19(2)39-25-14-21(28-23(33)15-35-31(37-28)36-24-8-13-43-17-27(24)40)6-7-22(25)29(41)20(3)26(39)16-38-12-5-10-32(18-38)9-4-11-34-30(32)42/h6-7,14-15,19,24,27,40H,4-5,8-13,16-18H2,1-3H3,(H,34,42)(H,35,36,37)/t24-,27-,32-/m1/s1. The van der Waals surface area contributed by atoms with Gasteiger partial charge in [0.15, 0.2) is 11.2 Å². The van der Waals surface area contributed by atoms with Gasteiger partial charge in [-0.2, -0.15) is 0 Å². The Bertz CT molecular complexity index is 1590. The molecule has 5 heterocycles. The number of ether oxygens (including phenoxy) is 1. The number of carbonyl (C=O) groups is 1. The fourth-order valence-corrected chi connectivity index (χ4v) is 7.10. The number of nitrogens with zero attached hydrogens (tertiary/aromatic N) is 4. The van der Waals surface area contributed by atoms with E-state index in [1.54, 1.807) is 12.1 Å². The fraction of sp³-hybridized carbons (Fsp3) is 0.562. The van der Waals surface area contributed by atoms with Crippen molar-refractivity contribution in [3.63, 3.8) is 0 Å². The number of piperidine rings is 2. The van der Waals surface area contributed by atoms with Crippen LogP contribution in [0.25, 0.3) is 22.2 Å². The van der Waals surface area contributed by atoms with Gasteiger partial charge in [0.05, 0.1) is 35.9 Å². The number of halogens is 1. The molecule has 0 aliphatic carbocycles. The molecule has 0 saturated carbocycles. The van der Waals surface area contributed by atoms with Crippen molar-refractivity contribution in [3.8, 4) is 11.3 Å². The van der Waals surface area contributed by atoms with Crippen molar-refractivity contribution in [2.24, 2.45) is 5.41 Å². The Labute approximate surface area is 250 Å². The zero-order valence-electron chi connectivity index (χ0n) is 25.2. The maximum absolute atomic E-state index is 15.2. The lowest BCUT2D eigenvalue weighted by Crippen LogP contribution is -2.54. The van der Waals surface area contributed by atoms with Gasteiger partial charge in [0, 0.05) is 54.5 Å². The summed E-state index contributed by atoms with van der Waals surface area (Å²) in [4.78, 5) is 37.5. The highest BCUT2D eigenvalue weighted by molar-refractivity contribution is 5.85. The SMILES string of the molecule is Cc1c(CN2CCC[C@]3(CCCNC3=O)C2)n(C(C)C)c2cc(-c3nc(N[C@@H]4CCOC[C@H]4O)ncc3F)ccc2c1=O. The van der Waals surface area contributed by atoms with Gasteiger partial charge < -0.3 is 25.0 Å². The van der Waals surface area contributed by atoms with Crippen molar-refractivity contribution in [1.29, 1.82) is 0 Å². The van der Waals surface area contributed by atoms with Crippen LogP contribution >= 0.6 is 0 Å². The first-order chi connectivity index (χ1) is 20.7. The predicted octanol–water partition coefficient (Wildman–Crippen LogP) is 3.54. The molecule has 3 aliphatic rings. The summed E-state index contributed by atoms with van der Waals surface area (Å²) in [7, 11) is 0. The molecule has 1 amide bonds. The predicted molar refractivity (Wildman–Crippen MR) is 162 cm³/mol. The third kappa shape index (κ3) is 5.65. The fourth-order valence-electron chi connectivity index (χ4n) is 7.10. The minimum atomic E-state index is -0.712. The van der Waals surface area contributed by atoms with Crippen molar-refractivity contribution >= 4 is 22.8 Å². The Kier molecular flexibility index (Phi) is 8.23. The van der Waals surface area contributed by atoms with Gasteiger partial charge in [-0.05, 0) is 71.6 Å². The highest BCUT2D eigenvalue weighted by Crippen LogP contribution is 2.38. The Balaban J connectivity index is 1.38. The number of fused-ring (bicyclic) bond motifs is 1. The first-order valence-corrected chi connectivity index (χ1v) is 15.4. The summed E-state index contributed by atoms with van der Waals surface area (Å²) in [5.74, 6) is -0.205. The Hall–Kier alpha value is -3.41. The summed E-state index contributed by atoms with van der Waals surface area (Å²) in [5.41, 5.74) is 2.55. The van der Waals surface area contributed by atoms with Crippen LogP contribution in [0.2, 0.25) is 0 Å².